The first-order chi connectivity index (χ1) is 14.9. The molecule has 0 radical (unpaired) electrons. The zero-order chi connectivity index (χ0) is 22.2. The summed E-state index contributed by atoms with van der Waals surface area (Å²) in [4.78, 5) is 16.9. The van der Waals surface area contributed by atoms with Crippen LogP contribution in [0.15, 0.2) is 41.5 Å². The first kappa shape index (κ1) is 22.5. The molecule has 1 aliphatic heterocycles. The molecule has 10 nitrogen and oxygen atoms in total. The average molecular weight is 428 g/mol. The van der Waals surface area contributed by atoms with Gasteiger partial charge in [0.05, 0.1) is 33.5 Å². The molecule has 5 N–H and O–H groups in total. The fourth-order valence-electron chi connectivity index (χ4n) is 3.08. The minimum absolute atomic E-state index is 0.173. The second-order valence-electron chi connectivity index (χ2n) is 7.09. The van der Waals surface area contributed by atoms with Crippen LogP contribution in [0.4, 0.5) is 0 Å². The van der Waals surface area contributed by atoms with E-state index in [1.807, 2.05) is 24.3 Å². The van der Waals surface area contributed by atoms with Crippen molar-refractivity contribution < 1.29 is 19.0 Å². The summed E-state index contributed by atoms with van der Waals surface area (Å²) in [6.07, 6.45) is -0.174. The van der Waals surface area contributed by atoms with Crippen molar-refractivity contribution >= 4 is 11.7 Å². The van der Waals surface area contributed by atoms with Crippen molar-refractivity contribution in [1.82, 2.24) is 15.4 Å². The second-order valence-corrected chi connectivity index (χ2v) is 7.09. The summed E-state index contributed by atoms with van der Waals surface area (Å²) in [5.74, 6) is 6.52. The monoisotopic (exact) mass is 428 g/mol. The van der Waals surface area contributed by atoms with Gasteiger partial charge in [0.1, 0.15) is 17.5 Å². The molecule has 166 valence electrons. The number of nitrogens with zero attached hydrogens (tertiary/aromatic N) is 3. The van der Waals surface area contributed by atoms with E-state index in [-0.39, 0.29) is 23.5 Å². The van der Waals surface area contributed by atoms with Crippen LogP contribution < -0.4 is 21.6 Å². The standard InChI is InChI=1S/C21H28N6O4/c1-14-8-16(20(22)26-27(23)12-18-13-30-6-7-31-18)10-19(25-14)21(28)24-11-15-4-3-5-17(9-15)29-2/h3-5,8-10,18H,6-7,11-13,23H2,1-2H3,(H2,22,26)(H,24,28). The maximum atomic E-state index is 12.6. The number of methoxy groups -OCH3 is 1. The van der Waals surface area contributed by atoms with Crippen LogP contribution in [-0.4, -0.2) is 61.4 Å². The smallest absolute Gasteiger partial charge is 0.270 e. The normalized spacial score (nSPS) is 16.6. The summed E-state index contributed by atoms with van der Waals surface area (Å²) in [6.45, 7) is 4.00. The van der Waals surface area contributed by atoms with Gasteiger partial charge in [0.15, 0.2) is 5.84 Å². The van der Waals surface area contributed by atoms with Gasteiger partial charge >= 0.3 is 0 Å². The molecule has 0 bridgehead atoms. The van der Waals surface area contributed by atoms with Crippen LogP contribution in [0.3, 0.4) is 0 Å². The molecule has 1 saturated heterocycles. The molecule has 3 rings (SSSR count). The summed E-state index contributed by atoms with van der Waals surface area (Å²) < 4.78 is 16.1. The maximum Gasteiger partial charge on any atom is 0.270 e. The summed E-state index contributed by atoms with van der Waals surface area (Å²) in [6, 6.07) is 10.8. The Balaban J connectivity index is 1.65. The van der Waals surface area contributed by atoms with Gasteiger partial charge in [-0.3, -0.25) is 4.79 Å². The van der Waals surface area contributed by atoms with Crippen molar-refractivity contribution in [2.24, 2.45) is 16.7 Å². The Hall–Kier alpha value is -3.21. The molecule has 0 spiro atoms. The van der Waals surface area contributed by atoms with Crippen molar-refractivity contribution in [2.45, 2.75) is 19.6 Å². The van der Waals surface area contributed by atoms with E-state index < -0.39 is 0 Å². The number of rotatable bonds is 8. The number of hydrazine groups is 1. The van der Waals surface area contributed by atoms with Crippen LogP contribution >= 0.6 is 0 Å². The van der Waals surface area contributed by atoms with E-state index >= 15 is 0 Å². The Morgan fingerprint density at radius 1 is 1.35 bits per heavy atom. The number of amidine groups is 1. The molecule has 31 heavy (non-hydrogen) atoms. The van der Waals surface area contributed by atoms with Crippen molar-refractivity contribution in [3.05, 3.63) is 58.9 Å². The number of benzene rings is 1. The number of ether oxygens (including phenoxy) is 3. The largest absolute Gasteiger partial charge is 0.497 e. The quantitative estimate of drug-likeness (QED) is 0.240. The SMILES string of the molecule is COc1cccc(CNC(=O)c2cc(/C(N)=N/N(N)CC3COCCO3)cc(C)n2)c1. The topological polar surface area (TPSA) is 137 Å². The van der Waals surface area contributed by atoms with Crippen LogP contribution in [0.5, 0.6) is 5.75 Å². The lowest BCUT2D eigenvalue weighted by atomic mass is 10.1. The van der Waals surface area contributed by atoms with E-state index in [4.69, 9.17) is 25.8 Å². The number of aromatic nitrogens is 1. The fourth-order valence-corrected chi connectivity index (χ4v) is 3.08. The number of carbonyl (C=O) groups is 1. The highest BCUT2D eigenvalue weighted by atomic mass is 16.6. The number of amides is 1. The van der Waals surface area contributed by atoms with Crippen molar-refractivity contribution in [1.29, 1.82) is 0 Å². The molecule has 1 aliphatic rings. The highest BCUT2D eigenvalue weighted by Gasteiger charge is 2.17. The van der Waals surface area contributed by atoms with Gasteiger partial charge in [-0.05, 0) is 36.8 Å². The third-order valence-corrected chi connectivity index (χ3v) is 4.58. The third kappa shape index (κ3) is 6.64. The summed E-state index contributed by atoms with van der Waals surface area (Å²) >= 11 is 0. The Bertz CT molecular complexity index is 930. The zero-order valence-corrected chi connectivity index (χ0v) is 17.7. The van der Waals surface area contributed by atoms with Gasteiger partial charge < -0.3 is 25.3 Å². The fraction of sp³-hybridized carbons (Fsp3) is 0.381. The van der Waals surface area contributed by atoms with Gasteiger partial charge in [-0.2, -0.15) is 0 Å². The van der Waals surface area contributed by atoms with Gasteiger partial charge in [-0.15, -0.1) is 5.10 Å². The molecule has 10 heteroatoms. The van der Waals surface area contributed by atoms with Crippen molar-refractivity contribution in [3.8, 4) is 5.75 Å². The molecule has 0 aliphatic carbocycles. The van der Waals surface area contributed by atoms with Crippen molar-refractivity contribution in [3.63, 3.8) is 0 Å². The van der Waals surface area contributed by atoms with Gasteiger partial charge in [0.2, 0.25) is 0 Å². The van der Waals surface area contributed by atoms with Gasteiger partial charge in [0, 0.05) is 17.8 Å². The molecule has 2 aromatic rings. The molecule has 0 saturated carbocycles. The molecule has 1 aromatic carbocycles. The maximum absolute atomic E-state index is 12.6. The van der Waals surface area contributed by atoms with Gasteiger partial charge in [-0.25, -0.2) is 15.9 Å². The van der Waals surface area contributed by atoms with Gasteiger partial charge in [0.25, 0.3) is 5.91 Å². The summed E-state index contributed by atoms with van der Waals surface area (Å²) in [5.41, 5.74) is 8.45. The van der Waals surface area contributed by atoms with E-state index in [1.54, 1.807) is 26.2 Å². The van der Waals surface area contributed by atoms with Crippen LogP contribution in [-0.2, 0) is 16.0 Å². The Kier molecular flexibility index (Phi) is 7.76. The molecule has 1 aromatic heterocycles. The lowest BCUT2D eigenvalue weighted by Crippen LogP contribution is -2.41. The second kappa shape index (κ2) is 10.7. The summed E-state index contributed by atoms with van der Waals surface area (Å²) in [7, 11) is 1.60. The molecular weight excluding hydrogens is 400 g/mol. The molecule has 1 atom stereocenters. The Labute approximate surface area is 181 Å². The predicted molar refractivity (Wildman–Crippen MR) is 115 cm³/mol. The third-order valence-electron chi connectivity index (χ3n) is 4.58. The number of nitrogens with two attached hydrogens (primary N) is 2. The number of pyridine rings is 1. The number of hydrogen-bond donors (Lipinski definition) is 3. The molecule has 1 unspecified atom stereocenters. The highest BCUT2D eigenvalue weighted by molar-refractivity contribution is 6.00. The van der Waals surface area contributed by atoms with Gasteiger partial charge in [-0.1, -0.05) is 12.1 Å². The number of hydrogen-bond acceptors (Lipinski definition) is 8. The van der Waals surface area contributed by atoms with Crippen LogP contribution in [0.1, 0.15) is 27.3 Å². The Morgan fingerprint density at radius 3 is 2.94 bits per heavy atom. The first-order valence-electron chi connectivity index (χ1n) is 9.90. The van der Waals surface area contributed by atoms with Crippen LogP contribution in [0, 0.1) is 6.92 Å². The molecule has 1 amide bonds. The minimum atomic E-state index is -0.321. The number of hydrazone groups is 1. The zero-order valence-electron chi connectivity index (χ0n) is 17.7. The average Bonchev–Trinajstić information content (AvgIpc) is 2.77. The number of carbonyl (C=O) groups excluding carboxylic acids is 1. The molecule has 1 fully saturated rings. The lowest BCUT2D eigenvalue weighted by molar-refractivity contribution is -0.0976. The van der Waals surface area contributed by atoms with E-state index in [9.17, 15) is 4.79 Å². The molecule has 2 heterocycles. The van der Waals surface area contributed by atoms with E-state index in [0.29, 0.717) is 44.2 Å². The van der Waals surface area contributed by atoms with E-state index in [1.165, 1.54) is 5.12 Å². The van der Waals surface area contributed by atoms with E-state index in [0.717, 1.165) is 11.3 Å². The van der Waals surface area contributed by atoms with Crippen molar-refractivity contribution in [2.75, 3.05) is 33.5 Å². The lowest BCUT2D eigenvalue weighted by Gasteiger charge is -2.25. The summed E-state index contributed by atoms with van der Waals surface area (Å²) in [5, 5.41) is 8.26. The highest BCUT2D eigenvalue weighted by Crippen LogP contribution is 2.13. The number of aryl methyl sites for hydroxylation is 1. The minimum Gasteiger partial charge on any atom is -0.497 e. The van der Waals surface area contributed by atoms with Crippen LogP contribution in [0.2, 0.25) is 0 Å². The number of nitrogens with one attached hydrogen (secondary N) is 1. The molecular formula is C21H28N6O4. The van der Waals surface area contributed by atoms with Crippen LogP contribution in [0.25, 0.3) is 0 Å². The van der Waals surface area contributed by atoms with E-state index in [2.05, 4.69) is 15.4 Å². The first-order valence-corrected chi connectivity index (χ1v) is 9.90. The Morgan fingerprint density at radius 2 is 2.19 bits per heavy atom. The predicted octanol–water partition coefficient (Wildman–Crippen LogP) is 0.540.